The normalized spacial score (nSPS) is 22.2. The maximum Gasteiger partial charge on any atom is 0.271 e. The van der Waals surface area contributed by atoms with Crippen molar-refractivity contribution in [3.8, 4) is 0 Å². The van der Waals surface area contributed by atoms with Crippen LogP contribution < -0.4 is 0 Å². The summed E-state index contributed by atoms with van der Waals surface area (Å²) in [6.45, 7) is 4.52. The van der Waals surface area contributed by atoms with E-state index < -0.39 is 4.92 Å². The second-order valence-corrected chi connectivity index (χ2v) is 5.80. The van der Waals surface area contributed by atoms with Crippen LogP contribution in [-0.4, -0.2) is 41.0 Å². The van der Waals surface area contributed by atoms with Crippen LogP contribution >= 0.6 is 23.2 Å². The second kappa shape index (κ2) is 6.17. The molecule has 1 fully saturated rings. The third-order valence-corrected chi connectivity index (χ3v) is 3.96. The lowest BCUT2D eigenvalue weighted by Gasteiger charge is -2.35. The molecular weight excluding hydrogens is 319 g/mol. The molecule has 0 radical (unpaired) electrons. The fraction of sp³-hybridized carbons (Fsp3) is 0.462. The van der Waals surface area contributed by atoms with Crippen molar-refractivity contribution in [2.45, 2.75) is 26.1 Å². The molecule has 114 valence electrons. The fourth-order valence-corrected chi connectivity index (χ4v) is 2.75. The summed E-state index contributed by atoms with van der Waals surface area (Å²) >= 11 is 11.9. The van der Waals surface area contributed by atoms with Gasteiger partial charge in [0.25, 0.3) is 11.6 Å². The molecule has 0 bridgehead atoms. The maximum absolute atomic E-state index is 12.5. The van der Waals surface area contributed by atoms with Gasteiger partial charge in [0.05, 0.1) is 32.7 Å². The van der Waals surface area contributed by atoms with Crippen LogP contribution in [0.5, 0.6) is 0 Å². The molecule has 1 saturated heterocycles. The second-order valence-electron chi connectivity index (χ2n) is 5.01. The predicted octanol–water partition coefficient (Wildman–Crippen LogP) is 3.15. The Bertz CT molecular complexity index is 584. The number of nitro benzene ring substituents is 1. The predicted molar refractivity (Wildman–Crippen MR) is 79.0 cm³/mol. The molecule has 21 heavy (non-hydrogen) atoms. The number of ether oxygens (including phenoxy) is 1. The van der Waals surface area contributed by atoms with E-state index in [9.17, 15) is 14.9 Å². The van der Waals surface area contributed by atoms with E-state index in [1.807, 2.05) is 13.8 Å². The van der Waals surface area contributed by atoms with Gasteiger partial charge < -0.3 is 9.64 Å². The minimum absolute atomic E-state index is 0.0106. The number of carbonyl (C=O) groups is 1. The Kier molecular flexibility index (Phi) is 4.70. The maximum atomic E-state index is 12.5. The first-order valence-corrected chi connectivity index (χ1v) is 7.13. The van der Waals surface area contributed by atoms with Crippen molar-refractivity contribution in [1.82, 2.24) is 4.90 Å². The Hall–Kier alpha value is -1.37. The molecule has 1 aromatic rings. The van der Waals surface area contributed by atoms with Gasteiger partial charge in [-0.15, -0.1) is 0 Å². The van der Waals surface area contributed by atoms with E-state index in [0.29, 0.717) is 13.1 Å². The van der Waals surface area contributed by atoms with Crippen LogP contribution in [0.3, 0.4) is 0 Å². The van der Waals surface area contributed by atoms with E-state index in [2.05, 4.69) is 0 Å². The highest BCUT2D eigenvalue weighted by Crippen LogP contribution is 2.32. The summed E-state index contributed by atoms with van der Waals surface area (Å²) in [5.41, 5.74) is -0.223. The van der Waals surface area contributed by atoms with E-state index in [1.165, 1.54) is 0 Å². The largest absolute Gasteiger partial charge is 0.372 e. The molecule has 2 unspecified atom stereocenters. The zero-order valence-electron chi connectivity index (χ0n) is 11.5. The zero-order chi connectivity index (χ0) is 15.7. The smallest absolute Gasteiger partial charge is 0.271 e. The molecule has 6 nitrogen and oxygen atoms in total. The SMILES string of the molecule is CC1CN(C(=O)c2cc([N+](=O)[O-])cc(Cl)c2Cl)CC(C)O1. The summed E-state index contributed by atoms with van der Waals surface area (Å²) in [5, 5.41) is 10.9. The molecule has 1 amide bonds. The zero-order valence-corrected chi connectivity index (χ0v) is 13.0. The van der Waals surface area contributed by atoms with E-state index >= 15 is 0 Å². The van der Waals surface area contributed by atoms with Gasteiger partial charge in [0.15, 0.2) is 0 Å². The number of nitro groups is 1. The number of carbonyl (C=O) groups excluding carboxylic acids is 1. The third kappa shape index (κ3) is 3.45. The molecule has 0 N–H and O–H groups in total. The van der Waals surface area contributed by atoms with Crippen molar-refractivity contribution in [2.24, 2.45) is 0 Å². The molecule has 1 aromatic carbocycles. The first-order chi connectivity index (χ1) is 9.79. The van der Waals surface area contributed by atoms with Crippen LogP contribution in [0.25, 0.3) is 0 Å². The molecule has 1 heterocycles. The molecule has 0 aromatic heterocycles. The van der Waals surface area contributed by atoms with Gasteiger partial charge >= 0.3 is 0 Å². The number of amides is 1. The van der Waals surface area contributed by atoms with Crippen LogP contribution in [0.4, 0.5) is 5.69 Å². The molecular formula is C13H14Cl2N2O4. The number of benzene rings is 1. The molecule has 1 aliphatic rings. The van der Waals surface area contributed by atoms with Crippen LogP contribution in [0.2, 0.25) is 10.0 Å². The van der Waals surface area contributed by atoms with Gasteiger partial charge in [0, 0.05) is 25.2 Å². The summed E-state index contributed by atoms with van der Waals surface area (Å²) < 4.78 is 5.56. The van der Waals surface area contributed by atoms with Crippen molar-refractivity contribution in [1.29, 1.82) is 0 Å². The Morgan fingerprint density at radius 3 is 2.43 bits per heavy atom. The summed E-state index contributed by atoms with van der Waals surface area (Å²) in [6, 6.07) is 2.28. The summed E-state index contributed by atoms with van der Waals surface area (Å²) in [7, 11) is 0. The minimum atomic E-state index is -0.608. The van der Waals surface area contributed by atoms with Crippen molar-refractivity contribution in [2.75, 3.05) is 13.1 Å². The number of rotatable bonds is 2. The lowest BCUT2D eigenvalue weighted by Crippen LogP contribution is -2.48. The van der Waals surface area contributed by atoms with Gasteiger partial charge in [-0.3, -0.25) is 14.9 Å². The van der Waals surface area contributed by atoms with Gasteiger partial charge in [-0.05, 0) is 13.8 Å². The lowest BCUT2D eigenvalue weighted by atomic mass is 10.1. The number of nitrogens with zero attached hydrogens (tertiary/aromatic N) is 2. The van der Waals surface area contributed by atoms with E-state index in [0.717, 1.165) is 12.1 Å². The first kappa shape index (κ1) is 16.0. The quantitative estimate of drug-likeness (QED) is 0.616. The Labute approximate surface area is 131 Å². The van der Waals surface area contributed by atoms with Gasteiger partial charge in [-0.25, -0.2) is 0 Å². The third-order valence-electron chi connectivity index (χ3n) is 3.16. The molecule has 2 rings (SSSR count). The van der Waals surface area contributed by atoms with Crippen LogP contribution in [0.15, 0.2) is 12.1 Å². The van der Waals surface area contributed by atoms with Crippen molar-refractivity contribution in [3.63, 3.8) is 0 Å². The molecule has 2 atom stereocenters. The van der Waals surface area contributed by atoms with Gasteiger partial charge in [-0.2, -0.15) is 0 Å². The van der Waals surface area contributed by atoms with E-state index in [4.69, 9.17) is 27.9 Å². The Morgan fingerprint density at radius 2 is 1.90 bits per heavy atom. The highest BCUT2D eigenvalue weighted by molar-refractivity contribution is 6.44. The molecule has 1 aliphatic heterocycles. The van der Waals surface area contributed by atoms with Crippen molar-refractivity contribution in [3.05, 3.63) is 37.9 Å². The minimum Gasteiger partial charge on any atom is -0.372 e. The highest BCUT2D eigenvalue weighted by Gasteiger charge is 2.29. The van der Waals surface area contributed by atoms with Gasteiger partial charge in [-0.1, -0.05) is 23.2 Å². The monoisotopic (exact) mass is 332 g/mol. The number of non-ortho nitro benzene ring substituents is 1. The Balaban J connectivity index is 2.36. The topological polar surface area (TPSA) is 72.7 Å². The number of halogens is 2. The Morgan fingerprint density at radius 1 is 1.33 bits per heavy atom. The van der Waals surface area contributed by atoms with E-state index in [1.54, 1.807) is 4.90 Å². The number of morpholine rings is 1. The highest BCUT2D eigenvalue weighted by atomic mass is 35.5. The standard InChI is InChI=1S/C13H14Cl2N2O4/c1-7-5-16(6-8(2)21-7)13(18)10-3-9(17(19)20)4-11(14)12(10)15/h3-4,7-8H,5-6H2,1-2H3. The summed E-state index contributed by atoms with van der Waals surface area (Å²) in [5.74, 6) is -0.382. The van der Waals surface area contributed by atoms with Crippen LogP contribution in [0.1, 0.15) is 24.2 Å². The average Bonchev–Trinajstić information content (AvgIpc) is 2.39. The van der Waals surface area contributed by atoms with Crippen LogP contribution in [0, 0.1) is 10.1 Å². The fourth-order valence-electron chi connectivity index (χ4n) is 2.35. The summed E-state index contributed by atoms with van der Waals surface area (Å²) in [4.78, 5) is 24.4. The first-order valence-electron chi connectivity index (χ1n) is 6.37. The lowest BCUT2D eigenvalue weighted by molar-refractivity contribution is -0.384. The van der Waals surface area contributed by atoms with Crippen LogP contribution in [-0.2, 0) is 4.74 Å². The van der Waals surface area contributed by atoms with E-state index in [-0.39, 0.29) is 39.4 Å². The average molecular weight is 333 g/mol. The molecule has 0 aliphatic carbocycles. The molecule has 8 heteroatoms. The molecule has 0 saturated carbocycles. The van der Waals surface area contributed by atoms with Gasteiger partial charge in [0.2, 0.25) is 0 Å². The summed E-state index contributed by atoms with van der Waals surface area (Å²) in [6.07, 6.45) is -0.212. The van der Waals surface area contributed by atoms with Gasteiger partial charge in [0.1, 0.15) is 0 Å². The number of hydrogen-bond donors (Lipinski definition) is 0. The molecule has 0 spiro atoms. The van der Waals surface area contributed by atoms with Crippen molar-refractivity contribution < 1.29 is 14.5 Å². The number of hydrogen-bond acceptors (Lipinski definition) is 4. The van der Waals surface area contributed by atoms with Crippen molar-refractivity contribution >= 4 is 34.8 Å².